The Labute approximate surface area is 169 Å². The highest BCUT2D eigenvalue weighted by atomic mass is 127. The molecule has 0 spiro atoms. The summed E-state index contributed by atoms with van der Waals surface area (Å²) in [4.78, 5) is 4.01. The minimum atomic E-state index is -4.74. The molecule has 0 unspecified atom stereocenters. The molecule has 0 atom stereocenters. The van der Waals surface area contributed by atoms with Gasteiger partial charge in [-0.3, -0.25) is 0 Å². The van der Waals surface area contributed by atoms with Gasteiger partial charge in [-0.05, 0) is 36.2 Å². The number of benzene rings is 2. The number of rotatable bonds is 6. The molecular weight excluding hydrogens is 484 g/mol. The third-order valence-electron chi connectivity index (χ3n) is 3.33. The lowest BCUT2D eigenvalue weighted by molar-refractivity contribution is -0.274. The summed E-state index contributed by atoms with van der Waals surface area (Å²) in [5, 5.41) is 2.72. The smallest absolute Gasteiger partial charge is 0.406 e. The van der Waals surface area contributed by atoms with E-state index in [9.17, 15) is 22.0 Å². The van der Waals surface area contributed by atoms with Crippen LogP contribution in [0.25, 0.3) is 0 Å². The number of hydrogen-bond acceptors (Lipinski definition) is 2. The number of guanidine groups is 1. The maximum absolute atomic E-state index is 13.5. The normalized spacial score (nSPS) is 11.7. The lowest BCUT2D eigenvalue weighted by atomic mass is 10.1. The van der Waals surface area contributed by atoms with Crippen LogP contribution in [0.5, 0.6) is 5.75 Å². The number of nitrogens with one attached hydrogen (secondary N) is 1. The summed E-state index contributed by atoms with van der Waals surface area (Å²) < 4.78 is 66.9. The molecule has 2 aromatic rings. The molecule has 10 heteroatoms. The summed E-state index contributed by atoms with van der Waals surface area (Å²) in [5.74, 6) is -1.55. The van der Waals surface area contributed by atoms with Crippen LogP contribution < -0.4 is 15.8 Å². The van der Waals surface area contributed by atoms with E-state index in [1.54, 1.807) is 0 Å². The lowest BCUT2D eigenvalue weighted by Crippen LogP contribution is -2.33. The molecule has 0 aliphatic carbocycles. The van der Waals surface area contributed by atoms with E-state index in [4.69, 9.17) is 5.73 Å². The summed E-state index contributed by atoms with van der Waals surface area (Å²) >= 11 is 0. The molecule has 0 amide bonds. The van der Waals surface area contributed by atoms with Gasteiger partial charge in [0, 0.05) is 12.1 Å². The Balaban J connectivity index is 0.00000364. The van der Waals surface area contributed by atoms with Gasteiger partial charge in [0.15, 0.2) is 5.96 Å². The fourth-order valence-corrected chi connectivity index (χ4v) is 2.12. The molecule has 0 aliphatic rings. The summed E-state index contributed by atoms with van der Waals surface area (Å²) in [6.45, 7) is 0.296. The summed E-state index contributed by atoms with van der Waals surface area (Å²) in [7, 11) is 0. The predicted molar refractivity (Wildman–Crippen MR) is 102 cm³/mol. The van der Waals surface area contributed by atoms with E-state index < -0.39 is 18.0 Å². The van der Waals surface area contributed by atoms with Crippen LogP contribution >= 0.6 is 24.0 Å². The molecule has 0 aliphatic heterocycles. The van der Waals surface area contributed by atoms with E-state index in [1.807, 2.05) is 0 Å². The van der Waals surface area contributed by atoms with E-state index in [0.29, 0.717) is 5.56 Å². The second-order valence-corrected chi connectivity index (χ2v) is 5.27. The Morgan fingerprint density at radius 2 is 1.63 bits per heavy atom. The second kappa shape index (κ2) is 10.3. The monoisotopic (exact) mass is 501 g/mol. The van der Waals surface area contributed by atoms with Crippen LogP contribution in [-0.2, 0) is 13.0 Å². The van der Waals surface area contributed by atoms with E-state index in [1.165, 1.54) is 42.5 Å². The van der Waals surface area contributed by atoms with Crippen LogP contribution in [-0.4, -0.2) is 18.9 Å². The molecule has 148 valence electrons. The molecule has 2 rings (SSSR count). The van der Waals surface area contributed by atoms with Crippen LogP contribution in [0.4, 0.5) is 22.0 Å². The van der Waals surface area contributed by atoms with Crippen molar-refractivity contribution >= 4 is 29.9 Å². The molecule has 0 saturated heterocycles. The maximum Gasteiger partial charge on any atom is 0.573 e. The SMILES string of the molecule is I.NC(=NCc1ccc(OC(F)(F)F)cc1)NCCc1c(F)cccc1F. The zero-order chi connectivity index (χ0) is 19.2. The molecule has 27 heavy (non-hydrogen) atoms. The van der Waals surface area contributed by atoms with E-state index in [0.717, 1.165) is 0 Å². The van der Waals surface area contributed by atoms with Gasteiger partial charge in [-0.15, -0.1) is 37.1 Å². The van der Waals surface area contributed by atoms with Gasteiger partial charge in [0.2, 0.25) is 0 Å². The Morgan fingerprint density at radius 1 is 1.04 bits per heavy atom. The Hall–Kier alpha value is -2.11. The molecule has 0 fully saturated rings. The summed E-state index contributed by atoms with van der Waals surface area (Å²) in [6, 6.07) is 8.80. The predicted octanol–water partition coefficient (Wildman–Crippen LogP) is 4.13. The van der Waals surface area contributed by atoms with Crippen molar-refractivity contribution in [2.45, 2.75) is 19.3 Å². The molecule has 0 bridgehead atoms. The van der Waals surface area contributed by atoms with Crippen LogP contribution in [0.2, 0.25) is 0 Å². The fraction of sp³-hybridized carbons (Fsp3) is 0.235. The third kappa shape index (κ3) is 7.97. The highest BCUT2D eigenvalue weighted by Crippen LogP contribution is 2.22. The van der Waals surface area contributed by atoms with Crippen molar-refractivity contribution in [3.05, 3.63) is 65.2 Å². The van der Waals surface area contributed by atoms with Gasteiger partial charge in [0.25, 0.3) is 0 Å². The first-order chi connectivity index (χ1) is 12.2. The largest absolute Gasteiger partial charge is 0.573 e. The van der Waals surface area contributed by atoms with E-state index in [-0.39, 0.29) is 60.8 Å². The molecule has 3 N–H and O–H groups in total. The first-order valence-electron chi connectivity index (χ1n) is 7.56. The zero-order valence-electron chi connectivity index (χ0n) is 13.9. The van der Waals surface area contributed by atoms with Gasteiger partial charge >= 0.3 is 6.36 Å². The van der Waals surface area contributed by atoms with Gasteiger partial charge in [-0.1, -0.05) is 18.2 Å². The second-order valence-electron chi connectivity index (χ2n) is 5.27. The molecule has 2 aromatic carbocycles. The molecular formula is C17H17F5IN3O. The maximum atomic E-state index is 13.5. The van der Waals surface area contributed by atoms with Crippen LogP contribution in [0.1, 0.15) is 11.1 Å². The average molecular weight is 501 g/mol. The van der Waals surface area contributed by atoms with Crippen molar-refractivity contribution in [1.29, 1.82) is 0 Å². The van der Waals surface area contributed by atoms with E-state index in [2.05, 4.69) is 15.0 Å². The number of hydrogen-bond donors (Lipinski definition) is 2. The number of halogens is 6. The molecule has 0 saturated carbocycles. The number of aliphatic imine (C=N–C) groups is 1. The number of nitrogens with two attached hydrogens (primary N) is 1. The Morgan fingerprint density at radius 3 is 2.19 bits per heavy atom. The van der Waals surface area contributed by atoms with Crippen molar-refractivity contribution < 1.29 is 26.7 Å². The third-order valence-corrected chi connectivity index (χ3v) is 3.33. The van der Waals surface area contributed by atoms with Crippen LogP contribution in [0.15, 0.2) is 47.5 Å². The standard InChI is InChI=1S/C17H16F5N3O.HI/c18-14-2-1-3-15(19)13(14)8-9-24-16(23)25-10-11-4-6-12(7-5-11)26-17(20,21)22;/h1-7H,8-10H2,(H3,23,24,25);1H. The molecule has 4 nitrogen and oxygen atoms in total. The molecule has 0 heterocycles. The van der Waals surface area contributed by atoms with Crippen LogP contribution in [0.3, 0.4) is 0 Å². The van der Waals surface area contributed by atoms with Crippen molar-refractivity contribution in [3.8, 4) is 5.75 Å². The first kappa shape index (κ1) is 22.9. The van der Waals surface area contributed by atoms with Crippen molar-refractivity contribution in [3.63, 3.8) is 0 Å². The van der Waals surface area contributed by atoms with Crippen molar-refractivity contribution in [1.82, 2.24) is 5.32 Å². The minimum absolute atomic E-state index is 0. The van der Waals surface area contributed by atoms with Gasteiger partial charge in [0.1, 0.15) is 17.4 Å². The summed E-state index contributed by atoms with van der Waals surface area (Å²) in [5.41, 5.74) is 6.22. The van der Waals surface area contributed by atoms with E-state index >= 15 is 0 Å². The number of alkyl halides is 3. The first-order valence-corrected chi connectivity index (χ1v) is 7.56. The molecule has 0 radical (unpaired) electrons. The van der Waals surface area contributed by atoms with Gasteiger partial charge in [-0.2, -0.15) is 0 Å². The van der Waals surface area contributed by atoms with Gasteiger partial charge in [0.05, 0.1) is 6.54 Å². The highest BCUT2D eigenvalue weighted by molar-refractivity contribution is 14.0. The minimum Gasteiger partial charge on any atom is -0.406 e. The van der Waals surface area contributed by atoms with Crippen molar-refractivity contribution in [2.24, 2.45) is 10.7 Å². The Kier molecular flexibility index (Phi) is 8.73. The topological polar surface area (TPSA) is 59.6 Å². The molecule has 0 aromatic heterocycles. The van der Waals surface area contributed by atoms with Crippen molar-refractivity contribution in [2.75, 3.05) is 6.54 Å². The van der Waals surface area contributed by atoms with Gasteiger partial charge < -0.3 is 15.8 Å². The zero-order valence-corrected chi connectivity index (χ0v) is 16.2. The lowest BCUT2D eigenvalue weighted by Gasteiger charge is -2.09. The van der Waals surface area contributed by atoms with Crippen LogP contribution in [0, 0.1) is 11.6 Å². The quantitative estimate of drug-likeness (QED) is 0.271. The fourth-order valence-electron chi connectivity index (χ4n) is 2.12. The number of ether oxygens (including phenoxy) is 1. The number of nitrogens with zero attached hydrogens (tertiary/aromatic N) is 1. The highest BCUT2D eigenvalue weighted by Gasteiger charge is 2.30. The summed E-state index contributed by atoms with van der Waals surface area (Å²) in [6.07, 6.45) is -4.66. The Bertz CT molecular complexity index is 746. The van der Waals surface area contributed by atoms with Gasteiger partial charge in [-0.25, -0.2) is 13.8 Å². The average Bonchev–Trinajstić information content (AvgIpc) is 2.55.